The van der Waals surface area contributed by atoms with Crippen LogP contribution in [0, 0.1) is 12.8 Å². The third-order valence-electron chi connectivity index (χ3n) is 3.57. The molecule has 0 radical (unpaired) electrons. The van der Waals surface area contributed by atoms with Crippen LogP contribution in [0.15, 0.2) is 12.1 Å². The third-order valence-corrected chi connectivity index (χ3v) is 5.00. The molecule has 1 amide bonds. The van der Waals surface area contributed by atoms with Gasteiger partial charge >= 0.3 is 0 Å². The van der Waals surface area contributed by atoms with Gasteiger partial charge in [-0.05, 0) is 30.9 Å². The molecule has 20 heavy (non-hydrogen) atoms. The minimum Gasteiger partial charge on any atom is -0.368 e. The number of nitrogens with zero attached hydrogens (tertiary/aromatic N) is 1. The lowest BCUT2D eigenvalue weighted by molar-refractivity contribution is -0.126. The van der Waals surface area contributed by atoms with Crippen molar-refractivity contribution in [2.24, 2.45) is 5.92 Å². The fourth-order valence-corrected chi connectivity index (χ4v) is 3.58. The van der Waals surface area contributed by atoms with Gasteiger partial charge in [0.2, 0.25) is 0 Å². The summed E-state index contributed by atoms with van der Waals surface area (Å²) >= 11 is 7.56. The lowest BCUT2D eigenvalue weighted by Crippen LogP contribution is -2.31. The van der Waals surface area contributed by atoms with Crippen molar-refractivity contribution < 1.29 is 9.53 Å². The van der Waals surface area contributed by atoms with Crippen molar-refractivity contribution in [2.75, 3.05) is 11.9 Å². The van der Waals surface area contributed by atoms with E-state index in [0.29, 0.717) is 16.8 Å². The van der Waals surface area contributed by atoms with Crippen LogP contribution in [0.5, 0.6) is 0 Å². The summed E-state index contributed by atoms with van der Waals surface area (Å²) in [7, 11) is 0. The smallest absolute Gasteiger partial charge is 0.255 e. The molecule has 1 aromatic carbocycles. The summed E-state index contributed by atoms with van der Waals surface area (Å²) in [5.41, 5.74) is 1.89. The number of ether oxygens (including phenoxy) is 1. The van der Waals surface area contributed by atoms with Crippen molar-refractivity contribution in [3.8, 4) is 0 Å². The standard InChI is InChI=1S/C14H15ClN2O2S/c1-7-3-4-9(15)12-10(7)16-14(20-12)17-13(18)11-8(2)5-6-19-11/h3-4,8,11H,5-6H2,1-2H3,(H,16,17,18)/t8-,11+/m1/s1. The van der Waals surface area contributed by atoms with Crippen molar-refractivity contribution >= 4 is 44.2 Å². The Hall–Kier alpha value is -1.17. The van der Waals surface area contributed by atoms with Gasteiger partial charge in [0, 0.05) is 6.61 Å². The zero-order chi connectivity index (χ0) is 14.3. The molecule has 106 valence electrons. The van der Waals surface area contributed by atoms with Gasteiger partial charge in [0.05, 0.1) is 15.2 Å². The zero-order valence-electron chi connectivity index (χ0n) is 11.3. The minimum absolute atomic E-state index is 0.122. The largest absolute Gasteiger partial charge is 0.368 e. The normalized spacial score (nSPS) is 22.4. The molecule has 1 N–H and O–H groups in total. The van der Waals surface area contributed by atoms with E-state index in [1.54, 1.807) is 0 Å². The number of rotatable bonds is 2. The van der Waals surface area contributed by atoms with Crippen LogP contribution in [0.25, 0.3) is 10.2 Å². The number of aromatic nitrogens is 1. The van der Waals surface area contributed by atoms with E-state index in [-0.39, 0.29) is 17.9 Å². The highest BCUT2D eigenvalue weighted by atomic mass is 35.5. The first kappa shape index (κ1) is 13.8. The number of thiazole rings is 1. The summed E-state index contributed by atoms with van der Waals surface area (Å²) in [6.07, 6.45) is 0.543. The highest BCUT2D eigenvalue weighted by molar-refractivity contribution is 7.23. The first-order valence-corrected chi connectivity index (χ1v) is 7.74. The van der Waals surface area contributed by atoms with E-state index in [0.717, 1.165) is 22.2 Å². The summed E-state index contributed by atoms with van der Waals surface area (Å²) in [5, 5.41) is 4.08. The number of nitrogens with one attached hydrogen (secondary N) is 1. The fourth-order valence-electron chi connectivity index (χ4n) is 2.36. The molecule has 2 atom stereocenters. The van der Waals surface area contributed by atoms with Crippen LogP contribution in [-0.4, -0.2) is 23.6 Å². The Morgan fingerprint density at radius 3 is 3.00 bits per heavy atom. The van der Waals surface area contributed by atoms with Gasteiger partial charge in [0.25, 0.3) is 5.91 Å². The van der Waals surface area contributed by atoms with E-state index < -0.39 is 0 Å². The summed E-state index contributed by atoms with van der Waals surface area (Å²) < 4.78 is 6.36. The summed E-state index contributed by atoms with van der Waals surface area (Å²) in [4.78, 5) is 16.6. The molecule has 0 bridgehead atoms. The monoisotopic (exact) mass is 310 g/mol. The molecule has 2 heterocycles. The number of amides is 1. The van der Waals surface area contributed by atoms with Crippen LogP contribution < -0.4 is 5.32 Å². The van der Waals surface area contributed by atoms with Crippen molar-refractivity contribution in [1.82, 2.24) is 4.98 Å². The lowest BCUT2D eigenvalue weighted by Gasteiger charge is -2.12. The molecule has 1 aliphatic rings. The van der Waals surface area contributed by atoms with Crippen LogP contribution in [0.3, 0.4) is 0 Å². The van der Waals surface area contributed by atoms with E-state index >= 15 is 0 Å². The molecule has 0 aliphatic carbocycles. The lowest BCUT2D eigenvalue weighted by atomic mass is 10.0. The summed E-state index contributed by atoms with van der Waals surface area (Å²) in [5.74, 6) is 0.123. The average Bonchev–Trinajstić information content (AvgIpc) is 3.01. The Kier molecular flexibility index (Phi) is 3.67. The van der Waals surface area contributed by atoms with Crippen molar-refractivity contribution in [2.45, 2.75) is 26.4 Å². The van der Waals surface area contributed by atoms with Crippen molar-refractivity contribution in [1.29, 1.82) is 0 Å². The number of hydrogen-bond acceptors (Lipinski definition) is 4. The Balaban J connectivity index is 1.86. The molecule has 0 saturated carbocycles. The zero-order valence-corrected chi connectivity index (χ0v) is 12.8. The van der Waals surface area contributed by atoms with E-state index in [2.05, 4.69) is 10.3 Å². The van der Waals surface area contributed by atoms with Crippen molar-refractivity contribution in [3.05, 3.63) is 22.7 Å². The first-order valence-electron chi connectivity index (χ1n) is 6.54. The molecule has 0 unspecified atom stereocenters. The molecule has 6 heteroatoms. The minimum atomic E-state index is -0.376. The summed E-state index contributed by atoms with van der Waals surface area (Å²) in [6.45, 7) is 4.65. The number of fused-ring (bicyclic) bond motifs is 1. The van der Waals surface area contributed by atoms with Crippen LogP contribution >= 0.6 is 22.9 Å². The maximum atomic E-state index is 12.2. The molecule has 0 spiro atoms. The van der Waals surface area contributed by atoms with E-state index in [9.17, 15) is 4.79 Å². The van der Waals surface area contributed by atoms with Gasteiger partial charge in [-0.15, -0.1) is 0 Å². The molecule has 3 rings (SSSR count). The molecular weight excluding hydrogens is 296 g/mol. The number of carbonyl (C=O) groups excluding carboxylic acids is 1. The third kappa shape index (κ3) is 2.41. The number of carbonyl (C=O) groups is 1. The van der Waals surface area contributed by atoms with Crippen LogP contribution in [-0.2, 0) is 9.53 Å². The van der Waals surface area contributed by atoms with Crippen LogP contribution in [0.4, 0.5) is 5.13 Å². The number of anilines is 1. The van der Waals surface area contributed by atoms with Gasteiger partial charge in [0.1, 0.15) is 6.10 Å². The fraction of sp³-hybridized carbons (Fsp3) is 0.429. The second-order valence-corrected chi connectivity index (χ2v) is 6.51. The van der Waals surface area contributed by atoms with E-state index in [1.807, 2.05) is 26.0 Å². The molecule has 1 saturated heterocycles. The Labute approximate surface area is 126 Å². The quantitative estimate of drug-likeness (QED) is 0.921. The van der Waals surface area contributed by atoms with Crippen molar-refractivity contribution in [3.63, 3.8) is 0 Å². The van der Waals surface area contributed by atoms with Gasteiger partial charge in [-0.25, -0.2) is 4.98 Å². The number of benzene rings is 1. The highest BCUT2D eigenvalue weighted by Gasteiger charge is 2.31. The van der Waals surface area contributed by atoms with Gasteiger partial charge in [-0.2, -0.15) is 0 Å². The second kappa shape index (κ2) is 5.31. The maximum absolute atomic E-state index is 12.2. The van der Waals surface area contributed by atoms with E-state index in [4.69, 9.17) is 16.3 Å². The number of halogens is 1. The number of aryl methyl sites for hydroxylation is 1. The SMILES string of the molecule is Cc1ccc(Cl)c2sc(NC(=O)[C@H]3OCC[C@H]3C)nc12. The topological polar surface area (TPSA) is 51.2 Å². The Bertz CT molecular complexity index is 631. The first-order chi connectivity index (χ1) is 9.56. The molecule has 1 aromatic heterocycles. The van der Waals surface area contributed by atoms with E-state index in [1.165, 1.54) is 11.3 Å². The molecule has 1 aliphatic heterocycles. The Morgan fingerprint density at radius 2 is 2.35 bits per heavy atom. The molecule has 4 nitrogen and oxygen atoms in total. The van der Waals surface area contributed by atoms with Gasteiger partial charge in [0.15, 0.2) is 5.13 Å². The molecule has 2 aromatic rings. The highest BCUT2D eigenvalue weighted by Crippen LogP contribution is 2.34. The predicted octanol–water partition coefficient (Wildman–Crippen LogP) is 3.62. The Morgan fingerprint density at radius 1 is 1.55 bits per heavy atom. The molecule has 1 fully saturated rings. The molecular formula is C14H15ClN2O2S. The van der Waals surface area contributed by atoms with Gasteiger partial charge in [-0.1, -0.05) is 35.9 Å². The van der Waals surface area contributed by atoms with Gasteiger partial charge < -0.3 is 4.74 Å². The van der Waals surface area contributed by atoms with Gasteiger partial charge in [-0.3, -0.25) is 10.1 Å². The maximum Gasteiger partial charge on any atom is 0.255 e. The average molecular weight is 311 g/mol. The second-order valence-electron chi connectivity index (χ2n) is 5.11. The predicted molar refractivity (Wildman–Crippen MR) is 81.5 cm³/mol. The number of hydrogen-bond donors (Lipinski definition) is 1. The van der Waals surface area contributed by atoms with Crippen LogP contribution in [0.2, 0.25) is 5.02 Å². The van der Waals surface area contributed by atoms with Crippen LogP contribution in [0.1, 0.15) is 18.9 Å². The summed E-state index contributed by atoms with van der Waals surface area (Å²) in [6, 6.07) is 3.78.